The molecule has 33 heavy (non-hydrogen) atoms. The van der Waals surface area contributed by atoms with Crippen molar-refractivity contribution in [2.75, 3.05) is 18.9 Å². The topological polar surface area (TPSA) is 104 Å². The molecular formula is C24H31N3O5S. The second-order valence-corrected chi connectivity index (χ2v) is 11.1. The van der Waals surface area contributed by atoms with Gasteiger partial charge in [0.15, 0.2) is 0 Å². The Balaban J connectivity index is 1.32. The normalized spacial score (nSPS) is 23.8. The van der Waals surface area contributed by atoms with E-state index in [2.05, 4.69) is 5.32 Å². The van der Waals surface area contributed by atoms with Gasteiger partial charge in [-0.1, -0.05) is 31.4 Å². The van der Waals surface area contributed by atoms with Crippen molar-refractivity contribution in [3.05, 3.63) is 36.4 Å². The van der Waals surface area contributed by atoms with Gasteiger partial charge in [-0.3, -0.25) is 19.3 Å². The fourth-order valence-electron chi connectivity index (χ4n) is 5.04. The van der Waals surface area contributed by atoms with Gasteiger partial charge in [0.1, 0.15) is 0 Å². The van der Waals surface area contributed by atoms with Gasteiger partial charge < -0.3 is 5.32 Å². The third-order valence-corrected chi connectivity index (χ3v) is 8.99. The lowest BCUT2D eigenvalue weighted by Crippen LogP contribution is -2.38. The molecule has 8 nitrogen and oxygen atoms in total. The van der Waals surface area contributed by atoms with Crippen LogP contribution in [0, 0.1) is 11.8 Å². The van der Waals surface area contributed by atoms with E-state index in [9.17, 15) is 22.8 Å². The number of amides is 3. The summed E-state index contributed by atoms with van der Waals surface area (Å²) < 4.78 is 27.4. The highest BCUT2D eigenvalue weighted by Gasteiger charge is 2.46. The Labute approximate surface area is 195 Å². The Kier molecular flexibility index (Phi) is 6.99. The molecule has 0 radical (unpaired) electrons. The standard InChI is InChI=1S/C24H31N3O5S/c1-26(18-7-3-2-4-8-18)33(31,32)19-13-11-17(12-14-19)25-22(28)15-16-27-23(29)20-9-5-6-10-21(20)24(27)30/h5-6,11-14,18,20-21H,2-4,7-10,15-16H2,1H3,(H,25,28)/t20-,21-/m1/s1. The molecule has 4 rings (SSSR count). The molecule has 1 saturated heterocycles. The fourth-order valence-corrected chi connectivity index (χ4v) is 6.46. The highest BCUT2D eigenvalue weighted by molar-refractivity contribution is 7.89. The Morgan fingerprint density at radius 2 is 1.58 bits per heavy atom. The maximum Gasteiger partial charge on any atom is 0.243 e. The molecule has 0 aromatic heterocycles. The fraction of sp³-hybridized carbons (Fsp3) is 0.542. The van der Waals surface area contributed by atoms with Crippen molar-refractivity contribution >= 4 is 33.4 Å². The Morgan fingerprint density at radius 3 is 2.15 bits per heavy atom. The van der Waals surface area contributed by atoms with Crippen molar-refractivity contribution < 1.29 is 22.8 Å². The van der Waals surface area contributed by atoms with Gasteiger partial charge in [-0.2, -0.15) is 4.31 Å². The number of anilines is 1. The molecule has 1 heterocycles. The molecule has 2 atom stereocenters. The summed E-state index contributed by atoms with van der Waals surface area (Å²) in [6.07, 6.45) is 10.00. The highest BCUT2D eigenvalue weighted by atomic mass is 32.2. The van der Waals surface area contributed by atoms with Crippen LogP contribution in [-0.2, 0) is 24.4 Å². The molecule has 9 heteroatoms. The molecule has 0 unspecified atom stereocenters. The third kappa shape index (κ3) is 4.89. The predicted molar refractivity (Wildman–Crippen MR) is 124 cm³/mol. The van der Waals surface area contributed by atoms with Gasteiger partial charge in [0.2, 0.25) is 27.7 Å². The van der Waals surface area contributed by atoms with Crippen LogP contribution in [0.25, 0.3) is 0 Å². The number of fused-ring (bicyclic) bond motifs is 1. The van der Waals surface area contributed by atoms with Gasteiger partial charge >= 0.3 is 0 Å². The number of hydrogen-bond donors (Lipinski definition) is 1. The second kappa shape index (κ2) is 9.77. The third-order valence-electron chi connectivity index (χ3n) is 7.07. The van der Waals surface area contributed by atoms with E-state index in [0.717, 1.165) is 32.1 Å². The van der Waals surface area contributed by atoms with E-state index in [4.69, 9.17) is 0 Å². The van der Waals surface area contributed by atoms with Crippen LogP contribution in [0.2, 0.25) is 0 Å². The van der Waals surface area contributed by atoms with Crippen molar-refractivity contribution in [1.82, 2.24) is 9.21 Å². The molecule has 1 aromatic rings. The van der Waals surface area contributed by atoms with Crippen molar-refractivity contribution in [3.63, 3.8) is 0 Å². The monoisotopic (exact) mass is 473 g/mol. The van der Waals surface area contributed by atoms with Gasteiger partial charge in [-0.25, -0.2) is 8.42 Å². The number of nitrogens with zero attached hydrogens (tertiary/aromatic N) is 2. The van der Waals surface area contributed by atoms with Crippen LogP contribution in [0.3, 0.4) is 0 Å². The van der Waals surface area contributed by atoms with E-state index in [1.54, 1.807) is 19.2 Å². The molecule has 3 amide bonds. The first kappa shape index (κ1) is 23.6. The minimum absolute atomic E-state index is 0.00514. The molecule has 1 saturated carbocycles. The number of likely N-dealkylation sites (tertiary alicyclic amines) is 1. The number of rotatable bonds is 7. The van der Waals surface area contributed by atoms with Gasteiger partial charge in [-0.15, -0.1) is 0 Å². The van der Waals surface area contributed by atoms with Crippen LogP contribution >= 0.6 is 0 Å². The number of carbonyl (C=O) groups is 3. The Morgan fingerprint density at radius 1 is 1.00 bits per heavy atom. The molecule has 1 aliphatic heterocycles. The van der Waals surface area contributed by atoms with Gasteiger partial charge in [0, 0.05) is 31.7 Å². The molecule has 0 bridgehead atoms. The van der Waals surface area contributed by atoms with Gasteiger partial charge in [0.05, 0.1) is 16.7 Å². The van der Waals surface area contributed by atoms with Crippen molar-refractivity contribution in [2.24, 2.45) is 11.8 Å². The van der Waals surface area contributed by atoms with Gasteiger partial charge in [0.25, 0.3) is 0 Å². The number of nitrogens with one attached hydrogen (secondary N) is 1. The van der Waals surface area contributed by atoms with Crippen LogP contribution in [0.5, 0.6) is 0 Å². The zero-order chi connectivity index (χ0) is 23.6. The molecule has 2 aliphatic carbocycles. The maximum atomic E-state index is 12.9. The zero-order valence-corrected chi connectivity index (χ0v) is 19.7. The maximum absolute atomic E-state index is 12.9. The molecule has 178 valence electrons. The average Bonchev–Trinajstić information content (AvgIpc) is 3.08. The summed E-state index contributed by atoms with van der Waals surface area (Å²) in [5.41, 5.74) is 0.469. The van der Waals surface area contributed by atoms with E-state index in [0.29, 0.717) is 18.5 Å². The quantitative estimate of drug-likeness (QED) is 0.484. The molecule has 2 fully saturated rings. The van der Waals surface area contributed by atoms with E-state index < -0.39 is 10.0 Å². The number of hydrogen-bond acceptors (Lipinski definition) is 5. The lowest BCUT2D eigenvalue weighted by Gasteiger charge is -2.30. The van der Waals surface area contributed by atoms with E-state index in [-0.39, 0.29) is 53.5 Å². The largest absolute Gasteiger partial charge is 0.326 e. The Hall–Kier alpha value is -2.52. The van der Waals surface area contributed by atoms with Crippen LogP contribution in [0.4, 0.5) is 5.69 Å². The number of allylic oxidation sites excluding steroid dienone is 2. The molecular weight excluding hydrogens is 442 g/mol. The summed E-state index contributed by atoms with van der Waals surface area (Å²) >= 11 is 0. The molecule has 1 aromatic carbocycles. The average molecular weight is 474 g/mol. The van der Waals surface area contributed by atoms with Crippen LogP contribution in [0.15, 0.2) is 41.3 Å². The lowest BCUT2D eigenvalue weighted by molar-refractivity contribution is -0.140. The van der Waals surface area contributed by atoms with Crippen molar-refractivity contribution in [2.45, 2.75) is 62.3 Å². The summed E-state index contributed by atoms with van der Waals surface area (Å²) in [6.45, 7) is 0.0507. The summed E-state index contributed by atoms with van der Waals surface area (Å²) in [5, 5.41) is 2.72. The van der Waals surface area contributed by atoms with Crippen molar-refractivity contribution in [1.29, 1.82) is 0 Å². The summed E-state index contributed by atoms with van der Waals surface area (Å²) in [5.74, 6) is -1.32. The summed E-state index contributed by atoms with van der Waals surface area (Å²) in [7, 11) is -1.96. The van der Waals surface area contributed by atoms with E-state index in [1.807, 2.05) is 12.2 Å². The minimum Gasteiger partial charge on any atom is -0.326 e. The first-order valence-corrected chi connectivity index (χ1v) is 13.1. The number of benzene rings is 1. The summed E-state index contributed by atoms with van der Waals surface area (Å²) in [6, 6.07) is 6.14. The van der Waals surface area contributed by atoms with E-state index in [1.165, 1.54) is 21.3 Å². The number of sulfonamides is 1. The zero-order valence-electron chi connectivity index (χ0n) is 18.9. The van der Waals surface area contributed by atoms with Crippen LogP contribution < -0.4 is 5.32 Å². The summed E-state index contributed by atoms with van der Waals surface area (Å²) in [4.78, 5) is 38.8. The highest BCUT2D eigenvalue weighted by Crippen LogP contribution is 2.35. The lowest BCUT2D eigenvalue weighted by atomic mass is 9.85. The smallest absolute Gasteiger partial charge is 0.243 e. The van der Waals surface area contributed by atoms with Crippen LogP contribution in [0.1, 0.15) is 51.4 Å². The number of imide groups is 1. The minimum atomic E-state index is -3.59. The van der Waals surface area contributed by atoms with Crippen LogP contribution in [-0.4, -0.2) is 55.0 Å². The van der Waals surface area contributed by atoms with Crippen molar-refractivity contribution in [3.8, 4) is 0 Å². The second-order valence-electron chi connectivity index (χ2n) is 9.12. The first-order valence-electron chi connectivity index (χ1n) is 11.7. The van der Waals surface area contributed by atoms with Gasteiger partial charge in [-0.05, 0) is 49.9 Å². The molecule has 3 aliphatic rings. The molecule has 0 spiro atoms. The predicted octanol–water partition coefficient (Wildman–Crippen LogP) is 2.92. The molecule has 1 N–H and O–H groups in total. The first-order chi connectivity index (χ1) is 15.8. The Bertz CT molecular complexity index is 1020. The van der Waals surface area contributed by atoms with E-state index >= 15 is 0 Å². The SMILES string of the molecule is CN(C1CCCCC1)S(=O)(=O)c1ccc(NC(=O)CCN2C(=O)[C@@H]3CC=CC[C@H]3C2=O)cc1. The number of carbonyl (C=O) groups excluding carboxylic acids is 3.